The maximum atomic E-state index is 10.7. The van der Waals surface area contributed by atoms with E-state index in [2.05, 4.69) is 13.2 Å². The van der Waals surface area contributed by atoms with Crippen LogP contribution in [-0.2, 0) is 9.53 Å². The molecule has 0 aromatic rings. The summed E-state index contributed by atoms with van der Waals surface area (Å²) in [5.74, 6) is -0.368. The van der Waals surface area contributed by atoms with Crippen LogP contribution in [0.5, 0.6) is 0 Å². The maximum absolute atomic E-state index is 10.7. The summed E-state index contributed by atoms with van der Waals surface area (Å²) in [6.45, 7) is 10.3. The molecule has 0 aromatic heterocycles. The van der Waals surface area contributed by atoms with Crippen LogP contribution in [0.25, 0.3) is 0 Å². The molecule has 0 spiro atoms. The second-order valence-electron chi connectivity index (χ2n) is 2.13. The quantitative estimate of drug-likeness (QED) is 0.338. The minimum atomic E-state index is -0.368. The van der Waals surface area contributed by atoms with E-state index < -0.39 is 0 Å². The maximum Gasteiger partial charge on any atom is 0.333 e. The molecule has 0 bridgehead atoms. The Morgan fingerprint density at radius 2 is 2.20 bits per heavy atom. The van der Waals surface area contributed by atoms with Crippen molar-refractivity contribution < 1.29 is 9.53 Å². The molecule has 56 valence electrons. The molecular weight excluding hydrogens is 128 g/mol. The van der Waals surface area contributed by atoms with E-state index in [-0.39, 0.29) is 12.1 Å². The van der Waals surface area contributed by atoms with Gasteiger partial charge in [0.1, 0.15) is 6.10 Å². The number of hydrogen-bond acceptors (Lipinski definition) is 2. The number of ether oxygens (including phenoxy) is 1. The van der Waals surface area contributed by atoms with Crippen LogP contribution in [0.15, 0.2) is 24.8 Å². The molecule has 0 heterocycles. The van der Waals surface area contributed by atoms with Crippen LogP contribution in [0.1, 0.15) is 13.8 Å². The molecule has 1 atom stereocenters. The van der Waals surface area contributed by atoms with Crippen molar-refractivity contribution in [2.45, 2.75) is 20.0 Å². The zero-order valence-corrected chi connectivity index (χ0v) is 6.39. The molecular formula is C8H12O2. The van der Waals surface area contributed by atoms with Crippen LogP contribution >= 0.6 is 0 Å². The summed E-state index contributed by atoms with van der Waals surface area (Å²) >= 11 is 0. The van der Waals surface area contributed by atoms with Gasteiger partial charge in [-0.15, -0.1) is 0 Å². The predicted molar refractivity (Wildman–Crippen MR) is 40.6 cm³/mol. The van der Waals surface area contributed by atoms with Gasteiger partial charge in [-0.3, -0.25) is 0 Å². The van der Waals surface area contributed by atoms with E-state index in [1.807, 2.05) is 0 Å². The second-order valence-corrected chi connectivity index (χ2v) is 2.13. The average Bonchev–Trinajstić information content (AvgIpc) is 1.87. The van der Waals surface area contributed by atoms with Crippen molar-refractivity contribution in [1.29, 1.82) is 0 Å². The average molecular weight is 140 g/mol. The molecule has 0 aliphatic heterocycles. The number of carbonyl (C=O) groups is 1. The van der Waals surface area contributed by atoms with Gasteiger partial charge in [-0.05, 0) is 13.8 Å². The summed E-state index contributed by atoms with van der Waals surface area (Å²) in [5.41, 5.74) is 0.411. The van der Waals surface area contributed by atoms with E-state index in [0.29, 0.717) is 5.57 Å². The van der Waals surface area contributed by atoms with Gasteiger partial charge >= 0.3 is 5.97 Å². The largest absolute Gasteiger partial charge is 0.455 e. The molecule has 0 radical (unpaired) electrons. The van der Waals surface area contributed by atoms with Crippen LogP contribution in [0.3, 0.4) is 0 Å². The molecule has 0 fully saturated rings. The van der Waals surface area contributed by atoms with E-state index in [9.17, 15) is 4.79 Å². The van der Waals surface area contributed by atoms with E-state index >= 15 is 0 Å². The Labute approximate surface area is 61.2 Å². The zero-order valence-electron chi connectivity index (χ0n) is 6.39. The van der Waals surface area contributed by atoms with Gasteiger partial charge < -0.3 is 4.74 Å². The Morgan fingerprint density at radius 3 is 2.50 bits per heavy atom. The molecule has 2 heteroatoms. The van der Waals surface area contributed by atoms with Crippen molar-refractivity contribution >= 4 is 5.97 Å². The lowest BCUT2D eigenvalue weighted by molar-refractivity contribution is -0.141. The summed E-state index contributed by atoms with van der Waals surface area (Å²) in [4.78, 5) is 10.7. The molecule has 0 rings (SSSR count). The van der Waals surface area contributed by atoms with Crippen LogP contribution < -0.4 is 0 Å². The first kappa shape index (κ1) is 8.95. The van der Waals surface area contributed by atoms with Gasteiger partial charge in [0.15, 0.2) is 0 Å². The Bertz CT molecular complexity index is 159. The fraction of sp³-hybridized carbons (Fsp3) is 0.375. The molecule has 1 unspecified atom stereocenters. The molecule has 2 nitrogen and oxygen atoms in total. The van der Waals surface area contributed by atoms with Gasteiger partial charge in [0.2, 0.25) is 0 Å². The molecule has 0 N–H and O–H groups in total. The van der Waals surface area contributed by atoms with Gasteiger partial charge in [0.05, 0.1) is 0 Å². The Hall–Kier alpha value is -1.05. The lowest BCUT2D eigenvalue weighted by atomic mass is 10.3. The van der Waals surface area contributed by atoms with Crippen molar-refractivity contribution in [3.05, 3.63) is 24.8 Å². The predicted octanol–water partition coefficient (Wildman–Crippen LogP) is 1.68. The monoisotopic (exact) mass is 140 g/mol. The lowest BCUT2D eigenvalue weighted by Gasteiger charge is -2.07. The van der Waals surface area contributed by atoms with Crippen molar-refractivity contribution in [1.82, 2.24) is 0 Å². The molecule has 0 saturated heterocycles. The van der Waals surface area contributed by atoms with Gasteiger partial charge in [0.25, 0.3) is 0 Å². The van der Waals surface area contributed by atoms with Gasteiger partial charge in [-0.25, -0.2) is 4.79 Å². The van der Waals surface area contributed by atoms with Crippen LogP contribution in [0.4, 0.5) is 0 Å². The minimum Gasteiger partial charge on any atom is -0.455 e. The van der Waals surface area contributed by atoms with E-state index in [0.717, 1.165) is 0 Å². The highest BCUT2D eigenvalue weighted by molar-refractivity contribution is 5.87. The molecule has 10 heavy (non-hydrogen) atoms. The number of hydrogen-bond donors (Lipinski definition) is 0. The first-order chi connectivity index (χ1) is 4.57. The van der Waals surface area contributed by atoms with Gasteiger partial charge in [-0.2, -0.15) is 0 Å². The summed E-state index contributed by atoms with van der Waals surface area (Å²) in [5, 5.41) is 0. The second kappa shape index (κ2) is 3.88. The first-order valence-electron chi connectivity index (χ1n) is 3.07. The van der Waals surface area contributed by atoms with E-state index in [1.165, 1.54) is 0 Å². The Balaban J connectivity index is 3.79. The highest BCUT2D eigenvalue weighted by atomic mass is 16.5. The lowest BCUT2D eigenvalue weighted by Crippen LogP contribution is -2.12. The standard InChI is InChI=1S/C8H12O2/c1-5-7(4)10-8(9)6(2)3/h5,7H,1-2H2,3-4H3. The third-order valence-electron chi connectivity index (χ3n) is 0.973. The summed E-state index contributed by atoms with van der Waals surface area (Å²) < 4.78 is 4.80. The minimum absolute atomic E-state index is 0.232. The highest BCUT2D eigenvalue weighted by Crippen LogP contribution is 1.97. The summed E-state index contributed by atoms with van der Waals surface area (Å²) in [6, 6.07) is 0. The Kier molecular flexibility index (Phi) is 3.47. The summed E-state index contributed by atoms with van der Waals surface area (Å²) in [6.07, 6.45) is 1.32. The topological polar surface area (TPSA) is 26.3 Å². The van der Waals surface area contributed by atoms with Crippen molar-refractivity contribution in [3.8, 4) is 0 Å². The van der Waals surface area contributed by atoms with Crippen LogP contribution in [0.2, 0.25) is 0 Å². The third-order valence-corrected chi connectivity index (χ3v) is 0.973. The first-order valence-corrected chi connectivity index (χ1v) is 3.07. The number of rotatable bonds is 3. The van der Waals surface area contributed by atoms with Crippen molar-refractivity contribution in [2.24, 2.45) is 0 Å². The van der Waals surface area contributed by atoms with Crippen LogP contribution in [0, 0.1) is 0 Å². The molecule has 0 aromatic carbocycles. The fourth-order valence-electron chi connectivity index (χ4n) is 0.318. The normalized spacial score (nSPS) is 11.8. The van der Waals surface area contributed by atoms with Crippen molar-refractivity contribution in [3.63, 3.8) is 0 Å². The smallest absolute Gasteiger partial charge is 0.333 e. The third kappa shape index (κ3) is 3.07. The molecule has 0 aliphatic carbocycles. The SMILES string of the molecule is C=CC(C)OC(=O)C(=C)C. The number of esters is 1. The molecule has 0 saturated carbocycles. The number of carbonyl (C=O) groups excluding carboxylic acids is 1. The molecule has 0 aliphatic rings. The van der Waals surface area contributed by atoms with Crippen molar-refractivity contribution in [2.75, 3.05) is 0 Å². The Morgan fingerprint density at radius 1 is 1.70 bits per heavy atom. The highest BCUT2D eigenvalue weighted by Gasteiger charge is 2.05. The van der Waals surface area contributed by atoms with Gasteiger partial charge in [0, 0.05) is 5.57 Å². The van der Waals surface area contributed by atoms with Crippen LogP contribution in [-0.4, -0.2) is 12.1 Å². The summed E-state index contributed by atoms with van der Waals surface area (Å²) in [7, 11) is 0. The van der Waals surface area contributed by atoms with E-state index in [4.69, 9.17) is 4.74 Å². The zero-order chi connectivity index (χ0) is 8.15. The van der Waals surface area contributed by atoms with E-state index in [1.54, 1.807) is 19.9 Å². The fourth-order valence-corrected chi connectivity index (χ4v) is 0.318. The van der Waals surface area contributed by atoms with Gasteiger partial charge in [-0.1, -0.05) is 19.2 Å². The molecule has 0 amide bonds.